The van der Waals surface area contributed by atoms with E-state index in [1.54, 1.807) is 26.9 Å². The number of amides is 3. The number of likely N-dealkylation sites (tertiary alicyclic amines) is 1. The zero-order valence-electron chi connectivity index (χ0n) is 31.2. The van der Waals surface area contributed by atoms with E-state index in [0.29, 0.717) is 43.0 Å². The lowest BCUT2D eigenvalue weighted by Crippen LogP contribution is -2.59. The molecule has 1 N–H and O–H groups in total. The van der Waals surface area contributed by atoms with Crippen molar-refractivity contribution in [3.05, 3.63) is 73.8 Å². The van der Waals surface area contributed by atoms with Crippen molar-refractivity contribution in [1.82, 2.24) is 4.90 Å². The smallest absolute Gasteiger partial charge is 0.253 e. The summed E-state index contributed by atoms with van der Waals surface area (Å²) < 4.78 is 12.6. The van der Waals surface area contributed by atoms with Crippen LogP contribution in [0.5, 0.6) is 5.75 Å². The minimum Gasteiger partial charge on any atom is -0.494 e. The normalized spacial score (nSPS) is 25.5. The summed E-state index contributed by atoms with van der Waals surface area (Å²) >= 11 is 0. The molecule has 0 radical (unpaired) electrons. The Bertz CT molecular complexity index is 1570. The van der Waals surface area contributed by atoms with Gasteiger partial charge in [-0.2, -0.15) is 0 Å². The summed E-state index contributed by atoms with van der Waals surface area (Å²) in [6.07, 6.45) is 4.76. The monoisotopic (exact) mass is 700 g/mol. The molecule has 2 aromatic carbocycles. The second-order valence-electron chi connectivity index (χ2n) is 14.5. The molecule has 6 atom stereocenters. The van der Waals surface area contributed by atoms with Gasteiger partial charge in [-0.25, -0.2) is 0 Å². The molecule has 1 spiro atoms. The van der Waals surface area contributed by atoms with E-state index < -0.39 is 35.1 Å². The second kappa shape index (κ2) is 15.6. The average Bonchev–Trinajstić information content (AvgIpc) is 3.69. The molecule has 5 rings (SSSR count). The van der Waals surface area contributed by atoms with Gasteiger partial charge in [0.1, 0.15) is 17.4 Å². The largest absolute Gasteiger partial charge is 0.494 e. The number of carbonyl (C=O) groups is 3. The van der Waals surface area contributed by atoms with Crippen molar-refractivity contribution in [2.75, 3.05) is 54.1 Å². The number of anilines is 3. The molecule has 3 aliphatic heterocycles. The van der Waals surface area contributed by atoms with Crippen molar-refractivity contribution >= 4 is 34.8 Å². The fourth-order valence-corrected chi connectivity index (χ4v) is 8.77. The summed E-state index contributed by atoms with van der Waals surface area (Å²) in [4.78, 5) is 52.1. The molecule has 276 valence electrons. The van der Waals surface area contributed by atoms with Crippen LogP contribution in [0.3, 0.4) is 0 Å². The van der Waals surface area contributed by atoms with E-state index in [1.165, 1.54) is 0 Å². The number of nitrogens with zero attached hydrogens (tertiary/aromatic N) is 4. The lowest BCUT2D eigenvalue weighted by molar-refractivity contribution is -0.148. The second-order valence-corrected chi connectivity index (χ2v) is 14.5. The van der Waals surface area contributed by atoms with Crippen LogP contribution in [-0.4, -0.2) is 90.4 Å². The third-order valence-electron chi connectivity index (χ3n) is 11.0. The van der Waals surface area contributed by atoms with E-state index in [9.17, 15) is 14.7 Å². The molecule has 51 heavy (non-hydrogen) atoms. The summed E-state index contributed by atoms with van der Waals surface area (Å²) in [5.41, 5.74) is 0.136. The number of aliphatic hydroxyl groups is 1. The Morgan fingerprint density at radius 1 is 0.941 bits per heavy atom. The summed E-state index contributed by atoms with van der Waals surface area (Å²) in [6, 6.07) is 13.5. The minimum atomic E-state index is -1.26. The molecule has 3 fully saturated rings. The van der Waals surface area contributed by atoms with Crippen molar-refractivity contribution in [2.24, 2.45) is 17.8 Å². The van der Waals surface area contributed by atoms with Crippen LogP contribution in [0.4, 0.5) is 17.1 Å². The molecule has 0 aromatic heterocycles. The molecule has 2 unspecified atom stereocenters. The lowest BCUT2D eigenvalue weighted by Gasteiger charge is -2.40. The molecular formula is C41H56N4O6. The summed E-state index contributed by atoms with van der Waals surface area (Å²) in [5, 5.41) is 10.8. The first-order valence-electron chi connectivity index (χ1n) is 18.5. The molecule has 0 aliphatic carbocycles. The topological polar surface area (TPSA) is 103 Å². The van der Waals surface area contributed by atoms with E-state index in [1.807, 2.05) is 76.2 Å². The molecule has 2 aromatic rings. The van der Waals surface area contributed by atoms with Crippen molar-refractivity contribution in [2.45, 2.75) is 84.1 Å². The van der Waals surface area contributed by atoms with Crippen LogP contribution in [0.1, 0.15) is 60.8 Å². The zero-order valence-corrected chi connectivity index (χ0v) is 31.2. The maximum atomic E-state index is 15.2. The van der Waals surface area contributed by atoms with Gasteiger partial charge in [-0.1, -0.05) is 26.0 Å². The molecule has 10 nitrogen and oxygen atoms in total. The zero-order chi connectivity index (χ0) is 37.1. The molecule has 10 heteroatoms. The van der Waals surface area contributed by atoms with E-state index in [0.717, 1.165) is 18.8 Å². The Hall–Kier alpha value is -4.15. The molecule has 3 amide bonds. The van der Waals surface area contributed by atoms with E-state index in [-0.39, 0.29) is 43.3 Å². The fraction of sp³-hybridized carbons (Fsp3) is 0.537. The highest BCUT2D eigenvalue weighted by molar-refractivity contribution is 6.07. The number of ether oxygens (including phenoxy) is 2. The maximum Gasteiger partial charge on any atom is 0.253 e. The highest BCUT2D eigenvalue weighted by Crippen LogP contribution is 2.64. The first-order chi connectivity index (χ1) is 24.4. The van der Waals surface area contributed by atoms with Gasteiger partial charge in [0.25, 0.3) is 5.91 Å². The van der Waals surface area contributed by atoms with Crippen LogP contribution in [0.15, 0.2) is 73.8 Å². The number of benzene rings is 2. The van der Waals surface area contributed by atoms with Crippen LogP contribution >= 0.6 is 0 Å². The Labute approximate surface area is 303 Å². The van der Waals surface area contributed by atoms with Crippen LogP contribution in [-0.2, 0) is 19.1 Å². The molecule has 3 aliphatic rings. The van der Waals surface area contributed by atoms with Crippen LogP contribution in [0.2, 0.25) is 0 Å². The molecular weight excluding hydrogens is 644 g/mol. The Balaban J connectivity index is 1.59. The van der Waals surface area contributed by atoms with E-state index in [4.69, 9.17) is 9.47 Å². The number of carbonyl (C=O) groups excluding carboxylic acids is 3. The quantitative estimate of drug-likeness (QED) is 0.207. The predicted molar refractivity (Wildman–Crippen MR) is 202 cm³/mol. The summed E-state index contributed by atoms with van der Waals surface area (Å²) in [7, 11) is 0. The molecule has 2 bridgehead atoms. The number of rotatable bonds is 17. The van der Waals surface area contributed by atoms with Gasteiger partial charge in [-0.05, 0) is 101 Å². The Morgan fingerprint density at radius 3 is 2.00 bits per heavy atom. The average molecular weight is 701 g/mol. The highest BCUT2D eigenvalue weighted by atomic mass is 16.5. The van der Waals surface area contributed by atoms with Gasteiger partial charge in [0.05, 0.1) is 36.7 Å². The van der Waals surface area contributed by atoms with Gasteiger partial charge in [0.15, 0.2) is 0 Å². The van der Waals surface area contributed by atoms with Gasteiger partial charge in [0.2, 0.25) is 11.8 Å². The molecule has 3 saturated heterocycles. The first kappa shape index (κ1) is 38.1. The SMILES string of the molecule is C=CCN(C(=O)C1N([C@@H](CO)CC(C)C)C(=O)[C@@H]2[C@H](C(=O)N(CC=C)c3ccc(OCC)cc3)[C@]3(C)CCC12O3)c1ccc(N(CC)CC)cc1. The van der Waals surface area contributed by atoms with Gasteiger partial charge in [0, 0.05) is 43.2 Å². The first-order valence-corrected chi connectivity index (χ1v) is 18.5. The number of aliphatic hydroxyl groups excluding tert-OH is 1. The van der Waals surface area contributed by atoms with Crippen LogP contribution in [0.25, 0.3) is 0 Å². The third-order valence-corrected chi connectivity index (χ3v) is 11.0. The minimum absolute atomic E-state index is 0.135. The number of hydrogen-bond donors (Lipinski definition) is 1. The predicted octanol–water partition coefficient (Wildman–Crippen LogP) is 5.84. The maximum absolute atomic E-state index is 15.2. The Morgan fingerprint density at radius 2 is 1.49 bits per heavy atom. The van der Waals surface area contributed by atoms with Crippen LogP contribution in [0, 0.1) is 17.8 Å². The summed E-state index contributed by atoms with van der Waals surface area (Å²) in [5.74, 6) is -1.83. The standard InChI is InChI=1S/C41H56N4O6/c1-9-24-43(31-18-20-33(21-19-31)50-13-5)37(47)34-35-38(48)45(32(27-46)26-28(6)7)36(41(35)23-22-40(34,8)51-41)39(49)44(25-10-2)30-16-14-29(15-17-30)42(11-3)12-4/h9-10,14-21,28,32,34-36,46H,1-2,11-13,22-27H2,3-8H3/t32-,34-,35+,36?,40+,41?/m1/s1. The third kappa shape index (κ3) is 6.80. The van der Waals surface area contributed by atoms with Gasteiger partial charge < -0.3 is 34.2 Å². The highest BCUT2D eigenvalue weighted by Gasteiger charge is 2.79. The Kier molecular flexibility index (Phi) is 11.7. The van der Waals surface area contributed by atoms with Gasteiger partial charge in [-0.15, -0.1) is 13.2 Å². The molecule has 3 heterocycles. The van der Waals surface area contributed by atoms with Gasteiger partial charge >= 0.3 is 0 Å². The number of fused-ring (bicyclic) bond motifs is 1. The fourth-order valence-electron chi connectivity index (χ4n) is 8.77. The lowest BCUT2D eigenvalue weighted by atomic mass is 9.66. The van der Waals surface area contributed by atoms with Gasteiger partial charge in [-0.3, -0.25) is 14.4 Å². The molecule has 0 saturated carbocycles. The van der Waals surface area contributed by atoms with Crippen molar-refractivity contribution in [3.8, 4) is 5.75 Å². The van der Waals surface area contributed by atoms with Crippen molar-refractivity contribution in [3.63, 3.8) is 0 Å². The van der Waals surface area contributed by atoms with Crippen molar-refractivity contribution in [1.29, 1.82) is 0 Å². The van der Waals surface area contributed by atoms with E-state index in [2.05, 4.69) is 31.9 Å². The summed E-state index contributed by atoms with van der Waals surface area (Å²) in [6.45, 7) is 22.3. The van der Waals surface area contributed by atoms with Crippen molar-refractivity contribution < 1.29 is 29.0 Å². The van der Waals surface area contributed by atoms with Crippen LogP contribution < -0.4 is 19.4 Å². The van der Waals surface area contributed by atoms with E-state index >= 15 is 4.79 Å². The number of hydrogen-bond acceptors (Lipinski definition) is 7.